The fourth-order valence-electron chi connectivity index (χ4n) is 23.0. The summed E-state index contributed by atoms with van der Waals surface area (Å²) in [4.78, 5) is 0. The van der Waals surface area contributed by atoms with Crippen molar-refractivity contribution in [1.29, 1.82) is 0 Å². The fourth-order valence-corrected chi connectivity index (χ4v) is 23.0. The average molecular weight is 1740 g/mol. The summed E-state index contributed by atoms with van der Waals surface area (Å²) >= 11 is 0. The van der Waals surface area contributed by atoms with Gasteiger partial charge in [-0.2, -0.15) is 0 Å². The van der Waals surface area contributed by atoms with Crippen molar-refractivity contribution >= 4 is 0 Å². The van der Waals surface area contributed by atoms with Crippen LogP contribution in [0.15, 0.2) is 0 Å². The van der Waals surface area contributed by atoms with Crippen LogP contribution in [0.4, 0.5) is 0 Å². The Hall–Kier alpha value is 3.60. The van der Waals surface area contributed by atoms with Gasteiger partial charge in [-0.1, -0.05) is 304 Å². The normalized spacial score (nSPS) is 50.6. The van der Waals surface area contributed by atoms with Crippen LogP contribution in [0.2, 0.25) is 0 Å². The molecule has 32 unspecified atom stereocenters. The van der Waals surface area contributed by atoms with Crippen LogP contribution in [0.3, 0.4) is 0 Å². The molecule has 91 heavy (non-hydrogen) atoms. The van der Waals surface area contributed by atoms with Crippen LogP contribution in [0.1, 0.15) is 205 Å². The van der Waals surface area contributed by atoms with Crippen LogP contribution >= 0.6 is 0 Å². The molecule has 18 rings (SSSR count). The van der Waals surface area contributed by atoms with E-state index in [-0.39, 0.29) is 289 Å². The van der Waals surface area contributed by atoms with E-state index in [1.165, 1.54) is 205 Å². The van der Waals surface area contributed by atoms with Gasteiger partial charge in [-0.3, -0.25) is 0 Å². The second-order valence-corrected chi connectivity index (χ2v) is 30.5. The molecule has 18 fully saturated rings. The van der Waals surface area contributed by atoms with E-state index in [9.17, 15) is 0 Å². The Labute approximate surface area is 665 Å². The van der Waals surface area contributed by atoms with Crippen LogP contribution < -0.4 is 42.5 Å². The number of hydrogen-bond acceptors (Lipinski definition) is 8. The minimum absolute atomic E-state index is 0. The minimum Gasteiger partial charge on any atom is -0.693 e. The zero-order valence-corrected chi connectivity index (χ0v) is 59.2. The molecule has 0 aromatic rings. The second kappa shape index (κ2) is 36.8. The Morgan fingerprint density at radius 3 is 0.264 bits per heavy atom. The zero-order chi connectivity index (χ0) is 52.4. The van der Waals surface area contributed by atoms with Crippen molar-refractivity contribution in [2.75, 3.05) is 0 Å². The van der Waals surface area contributed by atoms with Gasteiger partial charge in [0.25, 0.3) is 0 Å². The molecule has 10 saturated heterocycles. The van der Waals surface area contributed by atoms with Crippen molar-refractivity contribution in [2.45, 2.75) is 304 Å². The molecule has 8 saturated carbocycles. The van der Waals surface area contributed by atoms with Crippen molar-refractivity contribution in [3.63, 3.8) is 0 Å². The zero-order valence-electron chi connectivity index (χ0n) is 54.1. The van der Waals surface area contributed by atoms with E-state index < -0.39 is 0 Å². The topological polar surface area (TPSA) is 477 Å². The molecule has 27 heteroatoms. The van der Waals surface area contributed by atoms with Gasteiger partial charge in [0.05, 0.1) is 0 Å². The third-order valence-corrected chi connectivity index (χ3v) is 26.8. The number of rotatable bonds is 0. The number of hydrogen-bond donors (Lipinski definition) is 8. The predicted molar refractivity (Wildman–Crippen MR) is 358 cm³/mol. The van der Waals surface area contributed by atoms with Gasteiger partial charge in [0.1, 0.15) is 0 Å². The number of nitrogens with two attached hydrogens (primary N) is 8. The van der Waals surface area contributed by atoms with Gasteiger partial charge < -0.3 is 134 Å². The summed E-state index contributed by atoms with van der Waals surface area (Å²) in [6, 6.07) is 0. The first-order valence-electron chi connectivity index (χ1n) is 35.3. The molecule has 18 aliphatic rings. The first kappa shape index (κ1) is 83.5. The molecular formula is C64H120N24Yb3-16. The molecule has 10 heterocycles. The monoisotopic (exact) mass is 1750 g/mol. The van der Waals surface area contributed by atoms with Gasteiger partial charge >= 0.3 is 0 Å². The molecule has 24 N–H and O–H groups in total. The van der Waals surface area contributed by atoms with E-state index in [4.69, 9.17) is 42.5 Å². The Kier molecular flexibility index (Phi) is 33.8. The van der Waals surface area contributed by atoms with Gasteiger partial charge in [-0.05, 0) is 94.7 Å². The molecule has 554 valence electrons. The van der Waals surface area contributed by atoms with Crippen LogP contribution in [0.25, 0.3) is 91.7 Å². The van der Waals surface area contributed by atoms with Crippen molar-refractivity contribution in [3.8, 4) is 0 Å². The summed E-state index contributed by atoms with van der Waals surface area (Å²) in [5, 5.41) is 77.6. The Morgan fingerprint density at radius 2 is 0.198 bits per heavy atom. The third kappa shape index (κ3) is 16.3. The summed E-state index contributed by atoms with van der Waals surface area (Å²) < 4.78 is 0. The molecule has 0 aromatic heterocycles. The smallest absolute Gasteiger partial charge is 0 e. The van der Waals surface area contributed by atoms with Crippen molar-refractivity contribution in [1.82, 2.24) is 42.5 Å². The second-order valence-electron chi connectivity index (χ2n) is 30.5. The SMILES string of the molecule is C1CCC2C3[N-]C(NC4[N-]C(NC5[N-]C(NC6[N-]C(N3)C3CCCCC63)C3CCCCC53)C3CCCCC43)C2C1.C1CCC2C3[N-]C(NC4[N-]C(NC5[N-]C(NC6[N-]C(N3)C3CCCCC63)C3CCCCC53)C3CCCCC43)C2C1.[NH2-].[NH2-].[NH2-].[NH2-].[NH2-].[NH2-].[NH2-].[NH2-].[Yb].[Yb].[Yb]. The molecular weight excluding hydrogens is 1620 g/mol. The maximum atomic E-state index is 5.57. The molecule has 24 nitrogen and oxygen atoms in total. The van der Waals surface area contributed by atoms with Crippen molar-refractivity contribution in [2.24, 2.45) is 94.7 Å². The van der Waals surface area contributed by atoms with Crippen LogP contribution in [-0.4, -0.2) is 98.7 Å². The van der Waals surface area contributed by atoms with Gasteiger partial charge in [-0.25, -0.2) is 0 Å². The molecule has 8 aliphatic carbocycles. The van der Waals surface area contributed by atoms with Crippen molar-refractivity contribution in [3.05, 3.63) is 91.7 Å². The predicted octanol–water partition coefficient (Wildman–Crippen LogP) is 17.2. The van der Waals surface area contributed by atoms with Gasteiger partial charge in [-0.15, -0.1) is 0 Å². The van der Waals surface area contributed by atoms with E-state index in [1.807, 2.05) is 0 Å². The molecule has 0 aromatic carbocycles. The third-order valence-electron chi connectivity index (χ3n) is 26.8. The quantitative estimate of drug-likeness (QED) is 0.115. The molecule has 0 spiro atoms. The summed E-state index contributed by atoms with van der Waals surface area (Å²) in [6.45, 7) is 0. The summed E-state index contributed by atoms with van der Waals surface area (Å²) in [5.41, 5.74) is 0. The Bertz CT molecular complexity index is 1600. The van der Waals surface area contributed by atoms with Crippen LogP contribution in [-0.2, 0) is 0 Å². The van der Waals surface area contributed by atoms with Crippen LogP contribution in [0, 0.1) is 235 Å². The maximum absolute atomic E-state index is 5.57. The van der Waals surface area contributed by atoms with E-state index in [0.29, 0.717) is 94.7 Å². The number of nitrogens with one attached hydrogen (secondary N) is 8. The van der Waals surface area contributed by atoms with E-state index >= 15 is 0 Å². The molecule has 10 aliphatic heterocycles. The summed E-state index contributed by atoms with van der Waals surface area (Å²) in [7, 11) is 0. The first-order chi connectivity index (χ1) is 39.6. The Morgan fingerprint density at radius 1 is 0.132 bits per heavy atom. The summed E-state index contributed by atoms with van der Waals surface area (Å²) in [5.74, 6) is 10.4. The molecule has 0 radical (unpaired) electrons. The van der Waals surface area contributed by atoms with E-state index in [2.05, 4.69) is 42.5 Å². The molecule has 0 amide bonds. The minimum atomic E-state index is 0. The van der Waals surface area contributed by atoms with E-state index in [1.54, 1.807) is 0 Å². The number of nitrogens with zero attached hydrogens (tertiary/aromatic N) is 8. The maximum Gasteiger partial charge on any atom is 0 e. The van der Waals surface area contributed by atoms with Gasteiger partial charge in [0.2, 0.25) is 0 Å². The van der Waals surface area contributed by atoms with Crippen LogP contribution in [0.5, 0.6) is 0 Å². The largest absolute Gasteiger partial charge is 0.693 e. The van der Waals surface area contributed by atoms with Gasteiger partial charge in [0.15, 0.2) is 0 Å². The summed E-state index contributed by atoms with van der Waals surface area (Å²) in [6.07, 6.45) is 46.7. The Balaban J connectivity index is 0.000000258. The fraction of sp³-hybridized carbons (Fsp3) is 1.00. The standard InChI is InChI=1S/2C32H52N8.8H2N.3Yb/c2*1-2-10-18-17(9-1)25-33-26(18)38-28-21-13-5-6-14-22(21)30(35-28)40-32-24-16-8-7-15-23(24)31(36-32)39-29-20-12-4-3-11-19(20)27(34-29)37-25;;;;;;;;;;;/h2*17-32,37-40H,1-16H2;8*1H2;;;/q2*-4;8*-1;;;. The molecule has 16 bridgehead atoms. The van der Waals surface area contributed by atoms with Crippen molar-refractivity contribution < 1.29 is 141 Å². The first-order valence-corrected chi connectivity index (χ1v) is 35.3. The molecule has 32 atom stereocenters. The number of fused-ring (bicyclic) bond motifs is 40. The van der Waals surface area contributed by atoms with Gasteiger partial charge in [0, 0.05) is 141 Å². The average Bonchev–Trinajstić information content (AvgIpc) is 1.72. The van der Waals surface area contributed by atoms with E-state index in [0.717, 1.165) is 0 Å².